The number of aromatic nitrogens is 1. The van der Waals surface area contributed by atoms with E-state index in [1.807, 2.05) is 25.1 Å². The number of hydrogen-bond acceptors (Lipinski definition) is 3. The molecule has 3 nitrogen and oxygen atoms in total. The lowest BCUT2D eigenvalue weighted by Crippen LogP contribution is -2.05. The lowest BCUT2D eigenvalue weighted by molar-refractivity contribution is 0.0528. The summed E-state index contributed by atoms with van der Waals surface area (Å²) in [7, 11) is 0. The van der Waals surface area contributed by atoms with E-state index in [0.717, 1.165) is 16.5 Å². The first kappa shape index (κ1) is 10.6. The Morgan fingerprint density at radius 3 is 2.94 bits per heavy atom. The van der Waals surface area contributed by atoms with Gasteiger partial charge >= 0.3 is 5.97 Å². The van der Waals surface area contributed by atoms with Crippen LogP contribution in [0.2, 0.25) is 0 Å². The largest absolute Gasteiger partial charge is 0.462 e. The van der Waals surface area contributed by atoms with Crippen LogP contribution in [0.25, 0.3) is 10.9 Å². The molecule has 1 aromatic heterocycles. The quantitative estimate of drug-likeness (QED) is 0.723. The van der Waals surface area contributed by atoms with Gasteiger partial charge in [0, 0.05) is 11.6 Å². The maximum atomic E-state index is 11.7. The summed E-state index contributed by atoms with van der Waals surface area (Å²) in [6.45, 7) is 4.18. The van der Waals surface area contributed by atoms with E-state index in [-0.39, 0.29) is 5.97 Å². The van der Waals surface area contributed by atoms with E-state index in [9.17, 15) is 4.79 Å². The Labute approximate surface area is 94.1 Å². The third-order valence-electron chi connectivity index (χ3n) is 2.39. The topological polar surface area (TPSA) is 39.2 Å². The predicted octanol–water partition coefficient (Wildman–Crippen LogP) is 2.72. The number of carbonyl (C=O) groups is 1. The van der Waals surface area contributed by atoms with Crippen molar-refractivity contribution in [3.05, 3.63) is 41.6 Å². The van der Waals surface area contributed by atoms with Crippen molar-refractivity contribution in [3.63, 3.8) is 0 Å². The fourth-order valence-corrected chi connectivity index (χ4v) is 1.64. The lowest BCUT2D eigenvalue weighted by atomic mass is 10.1. The molecule has 1 aromatic carbocycles. The smallest absolute Gasteiger partial charge is 0.338 e. The van der Waals surface area contributed by atoms with E-state index in [0.29, 0.717) is 12.2 Å². The number of fused-ring (bicyclic) bond motifs is 1. The van der Waals surface area contributed by atoms with Crippen LogP contribution in [-0.2, 0) is 4.74 Å². The van der Waals surface area contributed by atoms with E-state index in [2.05, 4.69) is 4.98 Å². The molecule has 0 aliphatic rings. The predicted molar refractivity (Wildman–Crippen MR) is 62.4 cm³/mol. The number of benzene rings is 1. The Balaban J connectivity index is 2.58. The molecule has 0 fully saturated rings. The zero-order valence-electron chi connectivity index (χ0n) is 9.36. The van der Waals surface area contributed by atoms with Crippen LogP contribution >= 0.6 is 0 Å². The Kier molecular flexibility index (Phi) is 2.86. The van der Waals surface area contributed by atoms with E-state index >= 15 is 0 Å². The normalized spacial score (nSPS) is 10.4. The summed E-state index contributed by atoms with van der Waals surface area (Å²) in [5, 5.41) is 0.839. The monoisotopic (exact) mass is 215 g/mol. The van der Waals surface area contributed by atoms with Gasteiger partial charge < -0.3 is 4.74 Å². The van der Waals surface area contributed by atoms with Crippen LogP contribution in [0, 0.1) is 6.92 Å². The second kappa shape index (κ2) is 4.31. The van der Waals surface area contributed by atoms with Crippen LogP contribution in [0.5, 0.6) is 0 Å². The highest BCUT2D eigenvalue weighted by Crippen LogP contribution is 2.18. The fourth-order valence-electron chi connectivity index (χ4n) is 1.64. The number of rotatable bonds is 2. The van der Waals surface area contributed by atoms with Crippen molar-refractivity contribution in [3.8, 4) is 0 Å². The van der Waals surface area contributed by atoms with Crippen LogP contribution in [0.4, 0.5) is 0 Å². The van der Waals surface area contributed by atoms with Crippen molar-refractivity contribution in [1.29, 1.82) is 0 Å². The Hall–Kier alpha value is -1.90. The summed E-state index contributed by atoms with van der Waals surface area (Å²) in [5.74, 6) is -0.293. The molecule has 0 aliphatic heterocycles. The molecule has 2 rings (SSSR count). The van der Waals surface area contributed by atoms with Crippen LogP contribution in [-0.4, -0.2) is 17.6 Å². The molecule has 0 spiro atoms. The number of nitrogens with zero attached hydrogens (tertiary/aromatic N) is 1. The first-order valence-corrected chi connectivity index (χ1v) is 5.25. The molecule has 82 valence electrons. The van der Waals surface area contributed by atoms with Crippen molar-refractivity contribution >= 4 is 16.9 Å². The van der Waals surface area contributed by atoms with Gasteiger partial charge in [-0.1, -0.05) is 12.1 Å². The van der Waals surface area contributed by atoms with E-state index in [1.165, 1.54) is 0 Å². The zero-order chi connectivity index (χ0) is 11.5. The first-order chi connectivity index (χ1) is 7.72. The van der Waals surface area contributed by atoms with Gasteiger partial charge in [0.25, 0.3) is 0 Å². The van der Waals surface area contributed by atoms with Crippen LogP contribution in [0.1, 0.15) is 22.8 Å². The number of esters is 1. The Morgan fingerprint density at radius 1 is 1.38 bits per heavy atom. The average Bonchev–Trinajstić information content (AvgIpc) is 2.28. The molecule has 1 heterocycles. The van der Waals surface area contributed by atoms with E-state index < -0.39 is 0 Å². The summed E-state index contributed by atoms with van der Waals surface area (Å²) in [6.07, 6.45) is 1.63. The van der Waals surface area contributed by atoms with Crippen LogP contribution in [0.3, 0.4) is 0 Å². The molecule has 0 unspecified atom stereocenters. The van der Waals surface area contributed by atoms with Crippen LogP contribution < -0.4 is 0 Å². The number of carbonyl (C=O) groups excluding carboxylic acids is 1. The first-order valence-electron chi connectivity index (χ1n) is 5.25. The average molecular weight is 215 g/mol. The standard InChI is InChI=1S/C13H13NO2/c1-3-16-13(15)11-6-7-14-12-8-9(2)4-5-10(11)12/h4-8H,3H2,1-2H3. The van der Waals surface area contributed by atoms with Gasteiger partial charge in [-0.05, 0) is 31.5 Å². The Bertz CT molecular complexity index is 534. The van der Waals surface area contributed by atoms with Gasteiger partial charge in [-0.15, -0.1) is 0 Å². The minimum Gasteiger partial charge on any atom is -0.462 e. The van der Waals surface area contributed by atoms with Crippen LogP contribution in [0.15, 0.2) is 30.5 Å². The molecule has 3 heteroatoms. The minimum atomic E-state index is -0.293. The second-order valence-corrected chi connectivity index (χ2v) is 3.60. The third-order valence-corrected chi connectivity index (χ3v) is 2.39. The van der Waals surface area contributed by atoms with Gasteiger partial charge in [0.2, 0.25) is 0 Å². The molecule has 16 heavy (non-hydrogen) atoms. The summed E-state index contributed by atoms with van der Waals surface area (Å²) in [5.41, 5.74) is 2.53. The highest BCUT2D eigenvalue weighted by molar-refractivity contribution is 6.03. The molecule has 0 amide bonds. The SMILES string of the molecule is CCOC(=O)c1ccnc2cc(C)ccc12. The number of hydrogen-bond donors (Lipinski definition) is 0. The lowest BCUT2D eigenvalue weighted by Gasteiger charge is -2.05. The highest BCUT2D eigenvalue weighted by Gasteiger charge is 2.10. The zero-order valence-corrected chi connectivity index (χ0v) is 9.36. The molecule has 0 atom stereocenters. The maximum Gasteiger partial charge on any atom is 0.338 e. The van der Waals surface area contributed by atoms with Gasteiger partial charge in [-0.25, -0.2) is 4.79 Å². The third kappa shape index (κ3) is 1.89. The van der Waals surface area contributed by atoms with Crippen molar-refractivity contribution in [2.75, 3.05) is 6.61 Å². The van der Waals surface area contributed by atoms with Crippen molar-refractivity contribution in [2.45, 2.75) is 13.8 Å². The van der Waals surface area contributed by atoms with E-state index in [4.69, 9.17) is 4.74 Å². The minimum absolute atomic E-state index is 0.293. The van der Waals surface area contributed by atoms with Gasteiger partial charge in [0.15, 0.2) is 0 Å². The van der Waals surface area contributed by atoms with Gasteiger partial charge in [-0.2, -0.15) is 0 Å². The van der Waals surface area contributed by atoms with Gasteiger partial charge in [0.05, 0.1) is 17.7 Å². The number of ether oxygens (including phenoxy) is 1. The summed E-state index contributed by atoms with van der Waals surface area (Å²) in [4.78, 5) is 15.9. The number of aryl methyl sites for hydroxylation is 1. The maximum absolute atomic E-state index is 11.7. The van der Waals surface area contributed by atoms with Gasteiger partial charge in [-0.3, -0.25) is 4.98 Å². The molecule has 0 N–H and O–H groups in total. The summed E-state index contributed by atoms with van der Waals surface area (Å²) >= 11 is 0. The molecule has 0 saturated carbocycles. The van der Waals surface area contributed by atoms with Gasteiger partial charge in [0.1, 0.15) is 0 Å². The molecule has 2 aromatic rings. The molecule has 0 radical (unpaired) electrons. The summed E-state index contributed by atoms with van der Waals surface area (Å²) < 4.78 is 5.00. The summed E-state index contributed by atoms with van der Waals surface area (Å²) in [6, 6.07) is 7.52. The second-order valence-electron chi connectivity index (χ2n) is 3.60. The highest BCUT2D eigenvalue weighted by atomic mass is 16.5. The number of pyridine rings is 1. The molecule has 0 bridgehead atoms. The molecule has 0 aliphatic carbocycles. The molecular weight excluding hydrogens is 202 g/mol. The molecular formula is C13H13NO2. The molecule has 0 saturated heterocycles. The Morgan fingerprint density at radius 2 is 2.19 bits per heavy atom. The van der Waals surface area contributed by atoms with Crippen molar-refractivity contribution in [2.24, 2.45) is 0 Å². The fraction of sp³-hybridized carbons (Fsp3) is 0.231. The van der Waals surface area contributed by atoms with Crippen molar-refractivity contribution in [1.82, 2.24) is 4.98 Å². The van der Waals surface area contributed by atoms with E-state index in [1.54, 1.807) is 19.2 Å². The van der Waals surface area contributed by atoms with Crippen molar-refractivity contribution < 1.29 is 9.53 Å².